The van der Waals surface area contributed by atoms with Crippen LogP contribution in [0.5, 0.6) is 11.5 Å². The first-order valence-electron chi connectivity index (χ1n) is 15.2. The summed E-state index contributed by atoms with van der Waals surface area (Å²) >= 11 is 0. The number of rotatable bonds is 4. The first kappa shape index (κ1) is 35.0. The SMILES string of the molecule is Cc1ccnc(C(=O)NC2CC(C)(C)C(=O)C(C)(C)C2)c1O.Cc1ccnc(C(=O)NC2CC(C)(C)C(O)C(C)(C)C2)c1O. The molecule has 242 valence electrons. The predicted octanol–water partition coefficient (Wildman–Crippen LogP) is 5.01. The van der Waals surface area contributed by atoms with Crippen molar-refractivity contribution in [3.63, 3.8) is 0 Å². The Kier molecular flexibility index (Phi) is 9.90. The summed E-state index contributed by atoms with van der Waals surface area (Å²) in [5.41, 5.74) is -0.165. The molecular weight excluding hydrogens is 560 g/mol. The summed E-state index contributed by atoms with van der Waals surface area (Å²) in [5.74, 6) is -0.705. The minimum atomic E-state index is -0.470. The van der Waals surface area contributed by atoms with E-state index in [0.29, 0.717) is 36.8 Å². The van der Waals surface area contributed by atoms with E-state index in [1.54, 1.807) is 26.0 Å². The average molecular weight is 611 g/mol. The first-order valence-corrected chi connectivity index (χ1v) is 15.2. The molecule has 2 aromatic heterocycles. The quantitative estimate of drug-likeness (QED) is 0.323. The van der Waals surface area contributed by atoms with Crippen LogP contribution in [0.2, 0.25) is 0 Å². The Morgan fingerprint density at radius 1 is 0.705 bits per heavy atom. The normalized spacial score (nSPS) is 23.6. The van der Waals surface area contributed by atoms with Gasteiger partial charge in [-0.05, 0) is 73.6 Å². The van der Waals surface area contributed by atoms with E-state index in [4.69, 9.17) is 0 Å². The van der Waals surface area contributed by atoms with Crippen LogP contribution in [-0.2, 0) is 4.79 Å². The van der Waals surface area contributed by atoms with Gasteiger partial charge in [-0.2, -0.15) is 0 Å². The number of aromatic hydroxyl groups is 2. The summed E-state index contributed by atoms with van der Waals surface area (Å²) in [4.78, 5) is 45.1. The average Bonchev–Trinajstić information content (AvgIpc) is 2.88. The number of carbonyl (C=O) groups excluding carboxylic acids is 3. The van der Waals surface area contributed by atoms with Gasteiger partial charge in [0.25, 0.3) is 11.8 Å². The molecule has 5 N–H and O–H groups in total. The van der Waals surface area contributed by atoms with E-state index in [1.165, 1.54) is 12.4 Å². The van der Waals surface area contributed by atoms with Gasteiger partial charge in [0.1, 0.15) is 17.3 Å². The molecule has 44 heavy (non-hydrogen) atoms. The van der Waals surface area contributed by atoms with Gasteiger partial charge in [-0.3, -0.25) is 14.4 Å². The molecule has 2 amide bonds. The molecule has 0 aromatic carbocycles. The number of ketones is 1. The molecule has 0 aliphatic heterocycles. The third kappa shape index (κ3) is 7.57. The Morgan fingerprint density at radius 2 is 1.05 bits per heavy atom. The number of aliphatic hydroxyl groups excluding tert-OH is 1. The summed E-state index contributed by atoms with van der Waals surface area (Å²) in [6.45, 7) is 19.2. The van der Waals surface area contributed by atoms with Gasteiger partial charge in [-0.25, -0.2) is 9.97 Å². The van der Waals surface area contributed by atoms with Crippen LogP contribution >= 0.6 is 0 Å². The number of hydrogen-bond acceptors (Lipinski definition) is 8. The van der Waals surface area contributed by atoms with Crippen molar-refractivity contribution in [1.82, 2.24) is 20.6 Å². The number of nitrogens with zero attached hydrogens (tertiary/aromatic N) is 2. The molecule has 2 aliphatic carbocycles. The monoisotopic (exact) mass is 610 g/mol. The number of Topliss-reactive ketones (excluding diaryl/α,β-unsaturated/α-hetero) is 1. The fourth-order valence-electron chi connectivity index (χ4n) is 7.17. The molecule has 2 aromatic rings. The van der Waals surface area contributed by atoms with Crippen molar-refractivity contribution < 1.29 is 29.7 Å². The lowest BCUT2D eigenvalue weighted by atomic mass is 9.61. The number of nitrogens with one attached hydrogen (secondary N) is 2. The number of aromatic nitrogens is 2. The molecule has 2 saturated carbocycles. The maximum atomic E-state index is 12.4. The summed E-state index contributed by atoms with van der Waals surface area (Å²) in [7, 11) is 0. The van der Waals surface area contributed by atoms with Crippen LogP contribution in [0.4, 0.5) is 0 Å². The van der Waals surface area contributed by atoms with Crippen molar-refractivity contribution in [2.24, 2.45) is 21.7 Å². The van der Waals surface area contributed by atoms with E-state index >= 15 is 0 Å². The highest BCUT2D eigenvalue weighted by molar-refractivity contribution is 5.96. The van der Waals surface area contributed by atoms with Gasteiger partial charge in [0, 0.05) is 35.3 Å². The lowest BCUT2D eigenvalue weighted by molar-refractivity contribution is -0.140. The summed E-state index contributed by atoms with van der Waals surface area (Å²) in [6.07, 6.45) is 5.16. The molecule has 2 fully saturated rings. The van der Waals surface area contributed by atoms with Gasteiger partial charge in [0.15, 0.2) is 11.4 Å². The van der Waals surface area contributed by atoms with Crippen LogP contribution in [0.15, 0.2) is 24.5 Å². The van der Waals surface area contributed by atoms with Gasteiger partial charge in [-0.15, -0.1) is 0 Å². The van der Waals surface area contributed by atoms with E-state index in [2.05, 4.69) is 20.6 Å². The van der Waals surface area contributed by atoms with Crippen molar-refractivity contribution in [3.05, 3.63) is 47.0 Å². The van der Waals surface area contributed by atoms with Crippen molar-refractivity contribution in [2.45, 2.75) is 113 Å². The van der Waals surface area contributed by atoms with Crippen molar-refractivity contribution in [1.29, 1.82) is 0 Å². The van der Waals surface area contributed by atoms with Crippen LogP contribution < -0.4 is 10.6 Å². The molecular formula is C34H50N4O6. The molecule has 4 rings (SSSR count). The summed E-state index contributed by atoms with van der Waals surface area (Å²) in [6, 6.07) is 3.15. The van der Waals surface area contributed by atoms with Crippen LogP contribution in [-0.4, -0.2) is 61.1 Å². The number of pyridine rings is 2. The van der Waals surface area contributed by atoms with Gasteiger partial charge in [-0.1, -0.05) is 55.4 Å². The molecule has 2 aliphatic rings. The highest BCUT2D eigenvalue weighted by Gasteiger charge is 2.48. The van der Waals surface area contributed by atoms with Crippen LogP contribution in [0, 0.1) is 35.5 Å². The fourth-order valence-corrected chi connectivity index (χ4v) is 7.17. The zero-order valence-corrected chi connectivity index (χ0v) is 27.8. The second kappa shape index (κ2) is 12.5. The van der Waals surface area contributed by atoms with Crippen molar-refractivity contribution >= 4 is 17.6 Å². The highest BCUT2D eigenvalue weighted by Crippen LogP contribution is 2.46. The maximum Gasteiger partial charge on any atom is 0.273 e. The zero-order chi connectivity index (χ0) is 33.4. The molecule has 0 spiro atoms. The molecule has 0 unspecified atom stereocenters. The van der Waals surface area contributed by atoms with Crippen molar-refractivity contribution in [2.75, 3.05) is 0 Å². The third-order valence-electron chi connectivity index (χ3n) is 9.12. The molecule has 10 heteroatoms. The Balaban J connectivity index is 0.000000240. The Morgan fingerprint density at radius 3 is 1.41 bits per heavy atom. The maximum absolute atomic E-state index is 12.4. The van der Waals surface area contributed by atoms with Crippen molar-refractivity contribution in [3.8, 4) is 11.5 Å². The van der Waals surface area contributed by atoms with Gasteiger partial charge in [0.05, 0.1) is 6.10 Å². The number of aryl methyl sites for hydroxylation is 2. The fraction of sp³-hybridized carbons (Fsp3) is 0.618. The van der Waals surface area contributed by atoms with Crippen LogP contribution in [0.25, 0.3) is 0 Å². The Hall–Kier alpha value is -3.53. The standard InChI is InChI=1S/C17H26N2O3.C17H24N2O3/c2*1-10-6-7-18-12(13(10)20)14(21)19-11-8-16(2,3)15(22)17(4,5)9-11/h6-7,11,15,20,22H,8-9H2,1-5H3,(H,19,21);6-7,11,20H,8-9H2,1-5H3,(H,19,21). The molecule has 0 saturated heterocycles. The zero-order valence-electron chi connectivity index (χ0n) is 27.8. The molecule has 2 heterocycles. The number of hydrogen-bond donors (Lipinski definition) is 5. The lowest BCUT2D eigenvalue weighted by Gasteiger charge is -2.49. The second-order valence-corrected chi connectivity index (χ2v) is 15.3. The van der Waals surface area contributed by atoms with E-state index < -0.39 is 22.8 Å². The summed E-state index contributed by atoms with van der Waals surface area (Å²) in [5, 5.41) is 36.3. The lowest BCUT2D eigenvalue weighted by Crippen LogP contribution is -2.54. The summed E-state index contributed by atoms with van der Waals surface area (Å²) < 4.78 is 0. The van der Waals surface area contributed by atoms with Gasteiger partial charge >= 0.3 is 0 Å². The number of amides is 2. The largest absolute Gasteiger partial charge is 0.505 e. The van der Waals surface area contributed by atoms with Gasteiger partial charge in [0.2, 0.25) is 0 Å². The molecule has 0 bridgehead atoms. The number of aliphatic hydroxyl groups is 1. The molecule has 0 atom stereocenters. The van der Waals surface area contributed by atoms with E-state index in [1.807, 2.05) is 55.4 Å². The molecule has 10 nitrogen and oxygen atoms in total. The highest BCUT2D eigenvalue weighted by atomic mass is 16.3. The van der Waals surface area contributed by atoms with E-state index in [-0.39, 0.29) is 57.5 Å². The second-order valence-electron chi connectivity index (χ2n) is 15.3. The minimum absolute atomic E-state index is 0.0347. The Bertz CT molecular complexity index is 1380. The predicted molar refractivity (Wildman–Crippen MR) is 168 cm³/mol. The van der Waals surface area contributed by atoms with Crippen LogP contribution in [0.1, 0.15) is 113 Å². The Labute approximate surface area is 261 Å². The van der Waals surface area contributed by atoms with Gasteiger partial charge < -0.3 is 26.0 Å². The van der Waals surface area contributed by atoms with E-state index in [0.717, 1.165) is 0 Å². The smallest absolute Gasteiger partial charge is 0.273 e. The third-order valence-corrected chi connectivity index (χ3v) is 9.12. The first-order chi connectivity index (χ1) is 20.1. The topological polar surface area (TPSA) is 162 Å². The minimum Gasteiger partial charge on any atom is -0.505 e. The number of carbonyl (C=O) groups is 3. The van der Waals surface area contributed by atoms with Crippen LogP contribution in [0.3, 0.4) is 0 Å². The molecule has 0 radical (unpaired) electrons. The van der Waals surface area contributed by atoms with E-state index in [9.17, 15) is 29.7 Å².